The van der Waals surface area contributed by atoms with Crippen LogP contribution in [0.15, 0.2) is 48.5 Å². The fourth-order valence-corrected chi connectivity index (χ4v) is 3.41. The van der Waals surface area contributed by atoms with Crippen LogP contribution in [0.1, 0.15) is 55.4 Å². The number of unbranched alkanes of at least 4 members (excludes halogenated alkanes) is 1. The first kappa shape index (κ1) is 22.7. The fraction of sp³-hybridized carbons (Fsp3) is 0.440. The highest BCUT2D eigenvalue weighted by atomic mass is 16.2. The van der Waals surface area contributed by atoms with E-state index in [-0.39, 0.29) is 11.8 Å². The third-order valence-corrected chi connectivity index (χ3v) is 5.13. The van der Waals surface area contributed by atoms with Crippen molar-refractivity contribution < 1.29 is 9.59 Å². The summed E-state index contributed by atoms with van der Waals surface area (Å²) in [7, 11) is 0. The molecule has 4 nitrogen and oxygen atoms in total. The Labute approximate surface area is 175 Å². The maximum atomic E-state index is 13.3. The van der Waals surface area contributed by atoms with Crippen molar-refractivity contribution >= 4 is 11.8 Å². The van der Waals surface area contributed by atoms with Crippen LogP contribution in [0.5, 0.6) is 0 Å². The van der Waals surface area contributed by atoms with Crippen LogP contribution in [-0.4, -0.2) is 29.3 Å². The van der Waals surface area contributed by atoms with Crippen LogP contribution in [0.2, 0.25) is 0 Å². The smallest absolute Gasteiger partial charge is 0.242 e. The molecule has 2 aromatic rings. The number of amides is 2. The number of nitrogens with one attached hydrogen (secondary N) is 1. The maximum absolute atomic E-state index is 13.3. The molecule has 0 aromatic heterocycles. The van der Waals surface area contributed by atoms with E-state index in [1.165, 1.54) is 5.56 Å². The molecule has 0 fully saturated rings. The van der Waals surface area contributed by atoms with E-state index < -0.39 is 6.04 Å². The molecule has 0 aliphatic carbocycles. The molecule has 0 radical (unpaired) electrons. The van der Waals surface area contributed by atoms with Crippen molar-refractivity contribution in [1.82, 2.24) is 10.2 Å². The number of aryl methyl sites for hydroxylation is 2. The van der Waals surface area contributed by atoms with E-state index in [0.29, 0.717) is 25.9 Å². The fourth-order valence-electron chi connectivity index (χ4n) is 3.41. The molecule has 0 aliphatic heterocycles. The molecule has 2 aromatic carbocycles. The minimum atomic E-state index is -0.467. The zero-order chi connectivity index (χ0) is 21.2. The molecule has 0 bridgehead atoms. The molecule has 0 saturated heterocycles. The topological polar surface area (TPSA) is 49.4 Å². The highest BCUT2D eigenvalue weighted by Crippen LogP contribution is 2.16. The maximum Gasteiger partial charge on any atom is 0.242 e. The second-order valence-corrected chi connectivity index (χ2v) is 7.74. The van der Waals surface area contributed by atoms with E-state index in [1.807, 2.05) is 69.3 Å². The third kappa shape index (κ3) is 7.04. The van der Waals surface area contributed by atoms with Crippen LogP contribution in [0.25, 0.3) is 0 Å². The SMILES string of the molecule is CCCCNC(=O)C(CC)N(Cc1ccc(C)cc1)C(=O)Cc1cccc(C)c1. The highest BCUT2D eigenvalue weighted by Gasteiger charge is 2.28. The molecule has 0 aliphatic rings. The number of nitrogens with zero attached hydrogens (tertiary/aromatic N) is 1. The van der Waals surface area contributed by atoms with E-state index in [9.17, 15) is 9.59 Å². The van der Waals surface area contributed by atoms with Crippen LogP contribution in [-0.2, 0) is 22.6 Å². The summed E-state index contributed by atoms with van der Waals surface area (Å²) in [5, 5.41) is 3.00. The van der Waals surface area contributed by atoms with Gasteiger partial charge in [0.2, 0.25) is 11.8 Å². The number of rotatable bonds is 10. The molecule has 2 amide bonds. The van der Waals surface area contributed by atoms with Gasteiger partial charge in [-0.15, -0.1) is 0 Å². The summed E-state index contributed by atoms with van der Waals surface area (Å²) in [6, 6.07) is 15.7. The van der Waals surface area contributed by atoms with Gasteiger partial charge in [0.05, 0.1) is 6.42 Å². The average Bonchev–Trinajstić information content (AvgIpc) is 2.69. The van der Waals surface area contributed by atoms with Crippen molar-refractivity contribution in [3.8, 4) is 0 Å². The van der Waals surface area contributed by atoms with Gasteiger partial charge in [0.15, 0.2) is 0 Å². The first-order chi connectivity index (χ1) is 13.9. The van der Waals surface area contributed by atoms with Gasteiger partial charge in [-0.25, -0.2) is 0 Å². The first-order valence-electron chi connectivity index (χ1n) is 10.6. The lowest BCUT2D eigenvalue weighted by Crippen LogP contribution is -2.49. The molecule has 4 heteroatoms. The van der Waals surface area contributed by atoms with Gasteiger partial charge in [-0.2, -0.15) is 0 Å². The Balaban J connectivity index is 2.23. The monoisotopic (exact) mass is 394 g/mol. The summed E-state index contributed by atoms with van der Waals surface area (Å²) in [5.41, 5.74) is 4.32. The number of carbonyl (C=O) groups excluding carboxylic acids is 2. The molecule has 1 unspecified atom stereocenters. The second-order valence-electron chi connectivity index (χ2n) is 7.74. The van der Waals surface area contributed by atoms with Gasteiger partial charge in [0, 0.05) is 13.1 Å². The quantitative estimate of drug-likeness (QED) is 0.600. The molecular weight excluding hydrogens is 360 g/mol. The van der Waals surface area contributed by atoms with Gasteiger partial charge < -0.3 is 10.2 Å². The lowest BCUT2D eigenvalue weighted by atomic mass is 10.0. The Bertz CT molecular complexity index is 799. The molecule has 156 valence electrons. The summed E-state index contributed by atoms with van der Waals surface area (Å²) >= 11 is 0. The molecule has 29 heavy (non-hydrogen) atoms. The average molecular weight is 395 g/mol. The van der Waals surface area contributed by atoms with E-state index in [1.54, 1.807) is 4.90 Å². The predicted octanol–water partition coefficient (Wildman–Crippen LogP) is 4.57. The highest BCUT2D eigenvalue weighted by molar-refractivity contribution is 5.88. The van der Waals surface area contributed by atoms with Gasteiger partial charge in [0.1, 0.15) is 6.04 Å². The summed E-state index contributed by atoms with van der Waals surface area (Å²) in [4.78, 5) is 27.9. The number of benzene rings is 2. The van der Waals surface area contributed by atoms with E-state index >= 15 is 0 Å². The van der Waals surface area contributed by atoms with Crippen molar-refractivity contribution in [2.75, 3.05) is 6.54 Å². The summed E-state index contributed by atoms with van der Waals surface area (Å²) in [6.07, 6.45) is 2.85. The standard InChI is InChI=1S/C25H34N2O2/c1-5-7-15-26-25(29)23(6-2)27(18-21-13-11-19(3)12-14-21)24(28)17-22-10-8-9-20(4)16-22/h8-14,16,23H,5-7,15,17-18H2,1-4H3,(H,26,29). The normalized spacial score (nSPS) is 11.7. The summed E-state index contributed by atoms with van der Waals surface area (Å²) in [6.45, 7) is 9.21. The van der Waals surface area contributed by atoms with Crippen LogP contribution in [0.3, 0.4) is 0 Å². The summed E-state index contributed by atoms with van der Waals surface area (Å²) in [5.74, 6) is -0.0840. The second kappa shape index (κ2) is 11.4. The Kier molecular flexibility index (Phi) is 8.91. The van der Waals surface area contributed by atoms with E-state index in [2.05, 4.69) is 12.2 Å². The van der Waals surface area contributed by atoms with Crippen molar-refractivity contribution in [3.05, 3.63) is 70.8 Å². The Morgan fingerprint density at radius 2 is 1.69 bits per heavy atom. The van der Waals surface area contributed by atoms with Crippen LogP contribution in [0, 0.1) is 13.8 Å². The summed E-state index contributed by atoms with van der Waals surface area (Å²) < 4.78 is 0. The van der Waals surface area contributed by atoms with Crippen LogP contribution < -0.4 is 5.32 Å². The van der Waals surface area contributed by atoms with Crippen LogP contribution in [0.4, 0.5) is 0 Å². The number of carbonyl (C=O) groups is 2. The largest absolute Gasteiger partial charge is 0.354 e. The minimum absolute atomic E-state index is 0.0198. The molecule has 0 saturated carbocycles. The zero-order valence-corrected chi connectivity index (χ0v) is 18.2. The zero-order valence-electron chi connectivity index (χ0n) is 18.2. The van der Waals surface area contributed by atoms with Crippen molar-refractivity contribution in [2.45, 2.75) is 66.0 Å². The molecule has 1 atom stereocenters. The van der Waals surface area contributed by atoms with Crippen molar-refractivity contribution in [3.63, 3.8) is 0 Å². The first-order valence-corrected chi connectivity index (χ1v) is 10.6. The third-order valence-electron chi connectivity index (χ3n) is 5.13. The van der Waals surface area contributed by atoms with E-state index in [0.717, 1.165) is 29.5 Å². The Morgan fingerprint density at radius 1 is 0.966 bits per heavy atom. The predicted molar refractivity (Wildman–Crippen MR) is 119 cm³/mol. The van der Waals surface area contributed by atoms with Gasteiger partial charge >= 0.3 is 0 Å². The molecule has 0 heterocycles. The number of hydrogen-bond donors (Lipinski definition) is 1. The van der Waals surface area contributed by atoms with Gasteiger partial charge in [-0.3, -0.25) is 9.59 Å². The molecule has 2 rings (SSSR count). The van der Waals surface area contributed by atoms with E-state index in [4.69, 9.17) is 0 Å². The van der Waals surface area contributed by atoms with Gasteiger partial charge in [-0.05, 0) is 37.8 Å². The van der Waals surface area contributed by atoms with Gasteiger partial charge in [-0.1, -0.05) is 79.9 Å². The molecular formula is C25H34N2O2. The lowest BCUT2D eigenvalue weighted by molar-refractivity contribution is -0.140. The Morgan fingerprint density at radius 3 is 2.31 bits per heavy atom. The van der Waals surface area contributed by atoms with Crippen molar-refractivity contribution in [1.29, 1.82) is 0 Å². The van der Waals surface area contributed by atoms with Crippen LogP contribution >= 0.6 is 0 Å². The minimum Gasteiger partial charge on any atom is -0.354 e. The Hall–Kier alpha value is -2.62. The number of hydrogen-bond acceptors (Lipinski definition) is 2. The van der Waals surface area contributed by atoms with Gasteiger partial charge in [0.25, 0.3) is 0 Å². The molecule has 1 N–H and O–H groups in total. The lowest BCUT2D eigenvalue weighted by Gasteiger charge is -2.31. The van der Waals surface area contributed by atoms with Crippen molar-refractivity contribution in [2.24, 2.45) is 0 Å². The molecule has 0 spiro atoms.